The van der Waals surface area contributed by atoms with Crippen molar-refractivity contribution in [2.45, 2.75) is 17.4 Å². The number of halogens is 1. The number of hydrogen-bond donors (Lipinski definition) is 3. The van der Waals surface area contributed by atoms with Crippen LogP contribution in [0, 0.1) is 5.41 Å². The number of anilines is 1. The van der Waals surface area contributed by atoms with E-state index in [1.807, 2.05) is 42.5 Å². The van der Waals surface area contributed by atoms with Gasteiger partial charge < -0.3 is 15.3 Å². The molecule has 3 aromatic carbocycles. The molecule has 0 aliphatic carbocycles. The SMILES string of the molecule is N=C1NC(=O)C(C2(O)C(=O)N(Cc3cccc4ccccc34)c3ccc(Cl)cc32)S1. The zero-order valence-corrected chi connectivity index (χ0v) is 17.1. The summed E-state index contributed by atoms with van der Waals surface area (Å²) in [4.78, 5) is 27.5. The molecule has 150 valence electrons. The van der Waals surface area contributed by atoms with Gasteiger partial charge in [-0.15, -0.1) is 0 Å². The van der Waals surface area contributed by atoms with Crippen LogP contribution in [0.25, 0.3) is 10.8 Å². The van der Waals surface area contributed by atoms with Crippen LogP contribution in [-0.2, 0) is 21.7 Å². The Morgan fingerprint density at radius 3 is 2.67 bits per heavy atom. The lowest BCUT2D eigenvalue weighted by Gasteiger charge is -2.26. The summed E-state index contributed by atoms with van der Waals surface area (Å²) in [5.74, 6) is -1.17. The average Bonchev–Trinajstić information content (AvgIpc) is 3.18. The van der Waals surface area contributed by atoms with Crippen molar-refractivity contribution in [1.82, 2.24) is 5.32 Å². The fraction of sp³-hybridized carbons (Fsp3) is 0.136. The molecule has 0 bridgehead atoms. The Hall–Kier alpha value is -2.87. The van der Waals surface area contributed by atoms with E-state index in [0.717, 1.165) is 28.1 Å². The van der Waals surface area contributed by atoms with E-state index in [0.29, 0.717) is 10.7 Å². The van der Waals surface area contributed by atoms with Gasteiger partial charge in [-0.25, -0.2) is 0 Å². The van der Waals surface area contributed by atoms with Gasteiger partial charge in [0.2, 0.25) is 5.91 Å². The lowest BCUT2D eigenvalue weighted by Crippen LogP contribution is -2.50. The van der Waals surface area contributed by atoms with E-state index in [-0.39, 0.29) is 17.3 Å². The van der Waals surface area contributed by atoms with E-state index in [1.54, 1.807) is 12.1 Å². The molecular formula is C22H16ClN3O3S. The van der Waals surface area contributed by atoms with Crippen LogP contribution in [-0.4, -0.2) is 27.3 Å². The molecule has 30 heavy (non-hydrogen) atoms. The molecule has 0 saturated carbocycles. The Bertz CT molecular complexity index is 1240. The van der Waals surface area contributed by atoms with E-state index in [9.17, 15) is 14.7 Å². The molecule has 2 amide bonds. The number of nitrogens with one attached hydrogen (secondary N) is 2. The molecule has 0 aromatic heterocycles. The number of carbonyl (C=O) groups is 2. The Labute approximate surface area is 181 Å². The third-order valence-corrected chi connectivity index (χ3v) is 6.89. The standard InChI is InChI=1S/C22H16ClN3O3S/c23-14-8-9-17-16(10-14)22(29,18-19(27)25-21(24)30-18)20(28)26(17)11-13-6-3-5-12-4-1-2-7-15(12)13/h1-10,18,29H,11H2,(H2,24,25,27). The number of amides is 2. The van der Waals surface area contributed by atoms with Crippen molar-refractivity contribution in [3.8, 4) is 0 Å². The van der Waals surface area contributed by atoms with Crippen LogP contribution in [0.4, 0.5) is 5.69 Å². The first-order valence-corrected chi connectivity index (χ1v) is 10.5. The number of carbonyl (C=O) groups excluding carboxylic acids is 2. The monoisotopic (exact) mass is 437 g/mol. The summed E-state index contributed by atoms with van der Waals surface area (Å²) in [5, 5.41) is 22.8. The molecular weight excluding hydrogens is 422 g/mol. The van der Waals surface area contributed by atoms with Crippen LogP contribution in [0.5, 0.6) is 0 Å². The molecule has 2 aliphatic heterocycles. The number of fused-ring (bicyclic) bond motifs is 2. The van der Waals surface area contributed by atoms with Gasteiger partial charge in [-0.05, 0) is 34.5 Å². The minimum Gasteiger partial charge on any atom is -0.374 e. The third kappa shape index (κ3) is 2.74. The van der Waals surface area contributed by atoms with Gasteiger partial charge in [0, 0.05) is 10.6 Å². The second-order valence-electron chi connectivity index (χ2n) is 7.27. The van der Waals surface area contributed by atoms with Crippen LogP contribution in [0.2, 0.25) is 5.02 Å². The van der Waals surface area contributed by atoms with E-state index in [2.05, 4.69) is 5.32 Å². The van der Waals surface area contributed by atoms with Crippen LogP contribution in [0.15, 0.2) is 60.7 Å². The summed E-state index contributed by atoms with van der Waals surface area (Å²) in [6.45, 7) is 0.230. The molecule has 8 heteroatoms. The van der Waals surface area contributed by atoms with Gasteiger partial charge in [0.1, 0.15) is 5.25 Å². The zero-order chi connectivity index (χ0) is 21.0. The summed E-state index contributed by atoms with van der Waals surface area (Å²) in [7, 11) is 0. The number of nitrogens with zero attached hydrogens (tertiary/aromatic N) is 1. The van der Waals surface area contributed by atoms with Crippen molar-refractivity contribution < 1.29 is 14.7 Å². The molecule has 0 spiro atoms. The minimum absolute atomic E-state index is 0.0951. The summed E-state index contributed by atoms with van der Waals surface area (Å²) in [6, 6.07) is 18.6. The van der Waals surface area contributed by atoms with Crippen LogP contribution >= 0.6 is 23.4 Å². The van der Waals surface area contributed by atoms with Gasteiger partial charge in [0.25, 0.3) is 5.91 Å². The van der Waals surface area contributed by atoms with Crippen molar-refractivity contribution in [2.75, 3.05) is 4.90 Å². The van der Waals surface area contributed by atoms with Gasteiger partial charge in [0.15, 0.2) is 10.8 Å². The fourth-order valence-electron chi connectivity index (χ4n) is 4.14. The van der Waals surface area contributed by atoms with Crippen molar-refractivity contribution in [2.24, 2.45) is 0 Å². The normalized spacial score (nSPS) is 23.2. The predicted octanol–water partition coefficient (Wildman–Crippen LogP) is 3.39. The molecule has 2 atom stereocenters. The Kier molecular flexibility index (Phi) is 4.36. The molecule has 6 nitrogen and oxygen atoms in total. The zero-order valence-electron chi connectivity index (χ0n) is 15.6. The molecule has 2 aliphatic rings. The van der Waals surface area contributed by atoms with Crippen LogP contribution < -0.4 is 10.2 Å². The molecule has 3 aromatic rings. The largest absolute Gasteiger partial charge is 0.374 e. The molecule has 3 N–H and O–H groups in total. The van der Waals surface area contributed by atoms with E-state index in [4.69, 9.17) is 17.0 Å². The Balaban J connectivity index is 1.63. The van der Waals surface area contributed by atoms with Crippen molar-refractivity contribution >= 4 is 56.8 Å². The topological polar surface area (TPSA) is 93.5 Å². The Morgan fingerprint density at radius 2 is 1.90 bits per heavy atom. The van der Waals surface area contributed by atoms with Gasteiger partial charge in [0.05, 0.1) is 12.2 Å². The number of rotatable bonds is 3. The number of hydrogen-bond acceptors (Lipinski definition) is 5. The molecule has 2 heterocycles. The lowest BCUT2D eigenvalue weighted by molar-refractivity contribution is -0.140. The van der Waals surface area contributed by atoms with Gasteiger partial charge >= 0.3 is 0 Å². The number of benzene rings is 3. The van der Waals surface area contributed by atoms with E-state index >= 15 is 0 Å². The summed E-state index contributed by atoms with van der Waals surface area (Å²) in [5.41, 5.74) is -0.403. The molecule has 5 rings (SSSR count). The minimum atomic E-state index is -2.11. The first-order chi connectivity index (χ1) is 14.4. The van der Waals surface area contributed by atoms with Crippen LogP contribution in [0.3, 0.4) is 0 Å². The number of amidine groups is 1. The first-order valence-electron chi connectivity index (χ1n) is 9.26. The molecule has 1 saturated heterocycles. The average molecular weight is 438 g/mol. The quantitative estimate of drug-likeness (QED) is 0.585. The molecule has 2 unspecified atom stereocenters. The van der Waals surface area contributed by atoms with Crippen molar-refractivity contribution in [3.05, 3.63) is 76.8 Å². The highest BCUT2D eigenvalue weighted by atomic mass is 35.5. The maximum absolute atomic E-state index is 13.5. The lowest BCUT2D eigenvalue weighted by atomic mass is 9.91. The van der Waals surface area contributed by atoms with Gasteiger partial charge in [-0.2, -0.15) is 0 Å². The second-order valence-corrected chi connectivity index (χ2v) is 8.83. The molecule has 0 radical (unpaired) electrons. The maximum atomic E-state index is 13.5. The van der Waals surface area contributed by atoms with Gasteiger partial charge in [-0.1, -0.05) is 65.8 Å². The molecule has 1 fully saturated rings. The van der Waals surface area contributed by atoms with Crippen molar-refractivity contribution in [1.29, 1.82) is 5.41 Å². The maximum Gasteiger partial charge on any atom is 0.265 e. The van der Waals surface area contributed by atoms with E-state index in [1.165, 1.54) is 11.0 Å². The second kappa shape index (κ2) is 6.84. The Morgan fingerprint density at radius 1 is 1.13 bits per heavy atom. The number of aliphatic hydroxyl groups is 1. The third-order valence-electron chi connectivity index (χ3n) is 5.53. The smallest absolute Gasteiger partial charge is 0.265 e. The van der Waals surface area contributed by atoms with E-state index < -0.39 is 22.7 Å². The van der Waals surface area contributed by atoms with Crippen LogP contribution in [0.1, 0.15) is 11.1 Å². The highest BCUT2D eigenvalue weighted by Crippen LogP contribution is 2.48. The highest BCUT2D eigenvalue weighted by Gasteiger charge is 2.59. The first kappa shape index (κ1) is 19.1. The summed E-state index contributed by atoms with van der Waals surface area (Å²) in [6.07, 6.45) is 0. The highest BCUT2D eigenvalue weighted by molar-refractivity contribution is 8.15. The predicted molar refractivity (Wildman–Crippen MR) is 118 cm³/mol. The number of thioether (sulfide) groups is 1. The fourth-order valence-corrected chi connectivity index (χ4v) is 5.28. The summed E-state index contributed by atoms with van der Waals surface area (Å²) < 4.78 is 0. The van der Waals surface area contributed by atoms with Gasteiger partial charge in [-0.3, -0.25) is 15.0 Å². The van der Waals surface area contributed by atoms with Crippen molar-refractivity contribution in [3.63, 3.8) is 0 Å². The summed E-state index contributed by atoms with van der Waals surface area (Å²) >= 11 is 7.00.